The molecule has 1 fully saturated rings. The molecular formula is C32H42O5Si. The third-order valence-corrected chi connectivity index (χ3v) is 12.2. The van der Waals surface area contributed by atoms with Crippen molar-refractivity contribution in [2.24, 2.45) is 0 Å². The van der Waals surface area contributed by atoms with Crippen LogP contribution in [0.3, 0.4) is 0 Å². The van der Waals surface area contributed by atoms with E-state index in [0.29, 0.717) is 26.2 Å². The van der Waals surface area contributed by atoms with Gasteiger partial charge in [0.2, 0.25) is 0 Å². The molecule has 1 heterocycles. The summed E-state index contributed by atoms with van der Waals surface area (Å²) in [5, 5.41) is 2.47. The molecule has 0 saturated carbocycles. The van der Waals surface area contributed by atoms with Gasteiger partial charge in [-0.25, -0.2) is 0 Å². The summed E-state index contributed by atoms with van der Waals surface area (Å²) in [5.41, 5.74) is 1.09. The van der Waals surface area contributed by atoms with Crippen molar-refractivity contribution in [3.63, 3.8) is 0 Å². The molecule has 0 bridgehead atoms. The van der Waals surface area contributed by atoms with Gasteiger partial charge in [-0.1, -0.05) is 93.6 Å². The van der Waals surface area contributed by atoms with E-state index in [9.17, 15) is 0 Å². The predicted molar refractivity (Wildman–Crippen MR) is 155 cm³/mol. The Morgan fingerprint density at radius 1 is 0.895 bits per heavy atom. The Morgan fingerprint density at radius 3 is 1.95 bits per heavy atom. The fraction of sp³-hybridized carbons (Fsp3) is 0.438. The Morgan fingerprint density at radius 2 is 1.47 bits per heavy atom. The molecule has 6 heteroatoms. The van der Waals surface area contributed by atoms with E-state index >= 15 is 0 Å². The molecule has 0 unspecified atom stereocenters. The third-order valence-electron chi connectivity index (χ3n) is 7.21. The highest BCUT2D eigenvalue weighted by Gasteiger charge is 2.50. The standard InChI is InChI=1S/C32H42O5Si/c1-31(2,3)38(27-13-9-7-10-14-27,28-15-11-8-12-16-28)36-22-21-29(30-24-35-32(4,5)37-30)34-23-25-17-19-26(33-6)20-18-25/h7-20,29-30H,21-24H2,1-6H3/t29-,30+/m0/s1. The lowest BCUT2D eigenvalue weighted by Gasteiger charge is -2.43. The molecule has 0 spiro atoms. The minimum Gasteiger partial charge on any atom is -0.497 e. The summed E-state index contributed by atoms with van der Waals surface area (Å²) in [6.07, 6.45) is 0.369. The molecular weight excluding hydrogens is 492 g/mol. The Hall–Kier alpha value is -2.48. The smallest absolute Gasteiger partial charge is 0.261 e. The topological polar surface area (TPSA) is 46.2 Å². The van der Waals surface area contributed by atoms with E-state index in [4.69, 9.17) is 23.4 Å². The molecule has 0 radical (unpaired) electrons. The number of methoxy groups -OCH3 is 1. The average molecular weight is 535 g/mol. The molecule has 38 heavy (non-hydrogen) atoms. The van der Waals surface area contributed by atoms with E-state index in [-0.39, 0.29) is 17.2 Å². The number of hydrogen-bond donors (Lipinski definition) is 0. The zero-order chi connectivity index (χ0) is 27.2. The second kappa shape index (κ2) is 12.1. The van der Waals surface area contributed by atoms with E-state index in [1.54, 1.807) is 7.11 Å². The average Bonchev–Trinajstić information content (AvgIpc) is 3.28. The molecule has 1 aliphatic rings. The van der Waals surface area contributed by atoms with Crippen LogP contribution in [-0.4, -0.2) is 46.6 Å². The van der Waals surface area contributed by atoms with E-state index < -0.39 is 14.1 Å². The van der Waals surface area contributed by atoms with Crippen LogP contribution in [0.15, 0.2) is 84.9 Å². The maximum absolute atomic E-state index is 7.14. The number of benzene rings is 3. The van der Waals surface area contributed by atoms with Gasteiger partial charge in [0.25, 0.3) is 8.32 Å². The van der Waals surface area contributed by atoms with Crippen molar-refractivity contribution < 1.29 is 23.4 Å². The van der Waals surface area contributed by atoms with Gasteiger partial charge in [0.05, 0.1) is 26.4 Å². The lowest BCUT2D eigenvalue weighted by molar-refractivity contribution is -0.159. The fourth-order valence-electron chi connectivity index (χ4n) is 5.29. The van der Waals surface area contributed by atoms with Crippen molar-refractivity contribution in [1.29, 1.82) is 0 Å². The van der Waals surface area contributed by atoms with E-state index in [0.717, 1.165) is 11.3 Å². The summed E-state index contributed by atoms with van der Waals surface area (Å²) in [4.78, 5) is 0. The summed E-state index contributed by atoms with van der Waals surface area (Å²) in [5.74, 6) is 0.212. The molecule has 2 atom stereocenters. The van der Waals surface area contributed by atoms with Crippen molar-refractivity contribution in [1.82, 2.24) is 0 Å². The molecule has 0 aromatic heterocycles. The zero-order valence-corrected chi connectivity index (χ0v) is 24.6. The maximum atomic E-state index is 7.14. The van der Waals surface area contributed by atoms with Gasteiger partial charge in [-0.15, -0.1) is 0 Å². The maximum Gasteiger partial charge on any atom is 0.261 e. The van der Waals surface area contributed by atoms with Crippen LogP contribution >= 0.6 is 0 Å². The van der Waals surface area contributed by atoms with Crippen LogP contribution < -0.4 is 15.1 Å². The van der Waals surface area contributed by atoms with Crippen molar-refractivity contribution in [3.05, 3.63) is 90.5 Å². The van der Waals surface area contributed by atoms with Gasteiger partial charge in [-0.05, 0) is 53.4 Å². The highest BCUT2D eigenvalue weighted by Crippen LogP contribution is 2.37. The normalized spacial score (nSPS) is 18.3. The minimum absolute atomic E-state index is 0.0793. The first kappa shape index (κ1) is 28.5. The monoisotopic (exact) mass is 534 g/mol. The largest absolute Gasteiger partial charge is 0.497 e. The summed E-state index contributed by atoms with van der Waals surface area (Å²) in [6.45, 7) is 12.3. The molecule has 1 saturated heterocycles. The van der Waals surface area contributed by atoms with Crippen LogP contribution in [0.2, 0.25) is 5.04 Å². The summed E-state index contributed by atoms with van der Waals surface area (Å²) in [7, 11) is -0.950. The van der Waals surface area contributed by atoms with Gasteiger partial charge in [0, 0.05) is 6.61 Å². The Kier molecular flexibility index (Phi) is 9.11. The first-order valence-corrected chi connectivity index (χ1v) is 15.4. The van der Waals surface area contributed by atoms with Crippen molar-refractivity contribution in [2.45, 2.75) is 70.7 Å². The van der Waals surface area contributed by atoms with Crippen LogP contribution in [0.1, 0.15) is 46.6 Å². The molecule has 0 amide bonds. The highest BCUT2D eigenvalue weighted by atomic mass is 28.4. The first-order chi connectivity index (χ1) is 18.1. The molecule has 0 N–H and O–H groups in total. The van der Waals surface area contributed by atoms with E-state index in [1.807, 2.05) is 38.1 Å². The second-order valence-electron chi connectivity index (χ2n) is 11.4. The molecule has 0 aliphatic carbocycles. The van der Waals surface area contributed by atoms with E-state index in [2.05, 4.69) is 81.4 Å². The SMILES string of the molecule is COc1ccc(CO[C@@H](CCO[Si](c2ccccc2)(c2ccccc2)C(C)(C)C)[C@H]2COC(C)(C)O2)cc1. The zero-order valence-electron chi connectivity index (χ0n) is 23.6. The van der Waals surface area contributed by atoms with Crippen molar-refractivity contribution in [3.8, 4) is 5.75 Å². The van der Waals surface area contributed by atoms with Gasteiger partial charge >= 0.3 is 0 Å². The minimum atomic E-state index is -2.62. The third kappa shape index (κ3) is 6.56. The first-order valence-electron chi connectivity index (χ1n) is 13.5. The highest BCUT2D eigenvalue weighted by molar-refractivity contribution is 6.99. The number of ether oxygens (including phenoxy) is 4. The quantitative estimate of drug-likeness (QED) is 0.296. The van der Waals surface area contributed by atoms with Crippen molar-refractivity contribution in [2.75, 3.05) is 20.3 Å². The van der Waals surface area contributed by atoms with Gasteiger partial charge in [-0.3, -0.25) is 0 Å². The van der Waals surface area contributed by atoms with Crippen LogP contribution in [0.5, 0.6) is 5.75 Å². The molecule has 4 rings (SSSR count). The Bertz CT molecular complexity index is 1090. The lowest BCUT2D eigenvalue weighted by Crippen LogP contribution is -2.66. The van der Waals surface area contributed by atoms with Gasteiger partial charge in [-0.2, -0.15) is 0 Å². The Labute approximate surface area is 229 Å². The van der Waals surface area contributed by atoms with Crippen LogP contribution in [0.25, 0.3) is 0 Å². The molecule has 1 aliphatic heterocycles. The van der Waals surface area contributed by atoms with Gasteiger partial charge < -0.3 is 23.4 Å². The molecule has 204 valence electrons. The summed E-state index contributed by atoms with van der Waals surface area (Å²) < 4.78 is 31.1. The predicted octanol–water partition coefficient (Wildman–Crippen LogP) is 5.70. The Balaban J connectivity index is 1.56. The van der Waals surface area contributed by atoms with Crippen LogP contribution in [0.4, 0.5) is 0 Å². The summed E-state index contributed by atoms with van der Waals surface area (Å²) >= 11 is 0. The van der Waals surface area contributed by atoms with Gasteiger partial charge in [0.15, 0.2) is 5.79 Å². The van der Waals surface area contributed by atoms with Gasteiger partial charge in [0.1, 0.15) is 11.9 Å². The van der Waals surface area contributed by atoms with Crippen LogP contribution in [-0.2, 0) is 25.2 Å². The summed E-state index contributed by atoms with van der Waals surface area (Å²) in [6, 6.07) is 29.4. The van der Waals surface area contributed by atoms with Crippen molar-refractivity contribution >= 4 is 18.7 Å². The molecule has 3 aromatic carbocycles. The molecule has 5 nitrogen and oxygen atoms in total. The van der Waals surface area contributed by atoms with Crippen LogP contribution in [0, 0.1) is 0 Å². The molecule has 3 aromatic rings. The number of rotatable bonds is 11. The fourth-order valence-corrected chi connectivity index (χ4v) is 9.87. The van der Waals surface area contributed by atoms with E-state index in [1.165, 1.54) is 10.4 Å². The lowest BCUT2D eigenvalue weighted by atomic mass is 10.1. The number of hydrogen-bond acceptors (Lipinski definition) is 5. The second-order valence-corrected chi connectivity index (χ2v) is 15.7.